The van der Waals surface area contributed by atoms with Crippen LogP contribution in [0.25, 0.3) is 0 Å². The first kappa shape index (κ1) is 17.3. The zero-order valence-electron chi connectivity index (χ0n) is 14.5. The Kier molecular flexibility index (Phi) is 5.47. The van der Waals surface area contributed by atoms with E-state index in [-0.39, 0.29) is 5.41 Å². The summed E-state index contributed by atoms with van der Waals surface area (Å²) >= 11 is 6.50. The maximum atomic E-state index is 6.50. The predicted octanol–water partition coefficient (Wildman–Crippen LogP) is 5.04. The maximum absolute atomic E-state index is 6.50. The molecule has 0 aromatic heterocycles. The second-order valence-corrected chi connectivity index (χ2v) is 7.57. The monoisotopic (exact) mass is 343 g/mol. The highest BCUT2D eigenvalue weighted by molar-refractivity contribution is 6.32. The average molecular weight is 344 g/mol. The Bertz CT molecular complexity index is 663. The van der Waals surface area contributed by atoms with Crippen molar-refractivity contribution in [3.05, 3.63) is 64.7 Å². The third kappa shape index (κ3) is 3.93. The number of halogens is 1. The van der Waals surface area contributed by atoms with Crippen LogP contribution in [0.1, 0.15) is 37.8 Å². The van der Waals surface area contributed by atoms with Crippen molar-refractivity contribution in [2.75, 3.05) is 19.7 Å². The van der Waals surface area contributed by atoms with Gasteiger partial charge in [-0.1, -0.05) is 61.8 Å². The molecule has 0 saturated carbocycles. The Morgan fingerprint density at radius 3 is 2.58 bits per heavy atom. The Labute approximate surface area is 150 Å². The highest BCUT2D eigenvalue weighted by atomic mass is 35.5. The Balaban J connectivity index is 1.72. The van der Waals surface area contributed by atoms with E-state index >= 15 is 0 Å². The number of rotatable bonds is 5. The molecular formula is C21H26ClNO. The second kappa shape index (κ2) is 7.58. The lowest BCUT2D eigenvalue weighted by Gasteiger charge is -2.27. The molecule has 24 heavy (non-hydrogen) atoms. The molecule has 2 nitrogen and oxygen atoms in total. The Morgan fingerprint density at radius 2 is 1.92 bits per heavy atom. The van der Waals surface area contributed by atoms with Crippen molar-refractivity contribution in [1.29, 1.82) is 0 Å². The summed E-state index contributed by atoms with van der Waals surface area (Å²) in [6.07, 6.45) is 2.45. The minimum absolute atomic E-state index is 0.0866. The highest BCUT2D eigenvalue weighted by Crippen LogP contribution is 2.35. The van der Waals surface area contributed by atoms with E-state index in [0.29, 0.717) is 10.9 Å². The lowest BCUT2D eigenvalue weighted by Crippen LogP contribution is -2.33. The van der Waals surface area contributed by atoms with Gasteiger partial charge < -0.3 is 10.1 Å². The van der Waals surface area contributed by atoms with Crippen LogP contribution in [0.5, 0.6) is 5.75 Å². The molecule has 128 valence electrons. The Morgan fingerprint density at radius 1 is 1.12 bits per heavy atom. The van der Waals surface area contributed by atoms with Gasteiger partial charge in [0.2, 0.25) is 0 Å². The number of ether oxygens (including phenoxy) is 1. The smallest absolute Gasteiger partial charge is 0.137 e. The van der Waals surface area contributed by atoms with Crippen molar-refractivity contribution in [2.45, 2.75) is 32.1 Å². The Hall–Kier alpha value is -1.51. The summed E-state index contributed by atoms with van der Waals surface area (Å²) in [4.78, 5) is 0. The van der Waals surface area contributed by atoms with E-state index < -0.39 is 0 Å². The van der Waals surface area contributed by atoms with E-state index in [2.05, 4.69) is 49.5 Å². The molecule has 1 N–H and O–H groups in total. The van der Waals surface area contributed by atoms with Crippen molar-refractivity contribution >= 4 is 11.6 Å². The normalized spacial score (nSPS) is 18.4. The van der Waals surface area contributed by atoms with Crippen LogP contribution in [0.2, 0.25) is 5.02 Å². The van der Waals surface area contributed by atoms with Crippen molar-refractivity contribution in [1.82, 2.24) is 5.32 Å². The number of hydrogen-bond acceptors (Lipinski definition) is 2. The number of nitrogens with one attached hydrogen (secondary N) is 1. The molecule has 0 spiro atoms. The van der Waals surface area contributed by atoms with Crippen molar-refractivity contribution < 1.29 is 4.74 Å². The van der Waals surface area contributed by atoms with E-state index in [4.69, 9.17) is 16.3 Å². The van der Waals surface area contributed by atoms with Gasteiger partial charge in [-0.15, -0.1) is 0 Å². The minimum Gasteiger partial charge on any atom is -0.492 e. The largest absolute Gasteiger partial charge is 0.492 e. The van der Waals surface area contributed by atoms with Gasteiger partial charge in [0.05, 0.1) is 11.6 Å². The zero-order valence-corrected chi connectivity index (χ0v) is 15.3. The van der Waals surface area contributed by atoms with Crippen molar-refractivity contribution in [3.8, 4) is 5.75 Å². The second-order valence-electron chi connectivity index (χ2n) is 7.16. The van der Waals surface area contributed by atoms with Gasteiger partial charge in [-0.25, -0.2) is 0 Å². The molecule has 0 amide bonds. The summed E-state index contributed by atoms with van der Waals surface area (Å²) in [6, 6.07) is 16.7. The van der Waals surface area contributed by atoms with Crippen LogP contribution in [0, 0.1) is 5.92 Å². The van der Waals surface area contributed by atoms with Gasteiger partial charge in [0.25, 0.3) is 0 Å². The molecule has 0 aliphatic carbocycles. The van der Waals surface area contributed by atoms with E-state index in [0.717, 1.165) is 25.4 Å². The van der Waals surface area contributed by atoms with Crippen molar-refractivity contribution in [3.63, 3.8) is 0 Å². The average Bonchev–Trinajstić information content (AvgIpc) is 2.62. The molecule has 1 fully saturated rings. The van der Waals surface area contributed by atoms with Gasteiger partial charge in [0.1, 0.15) is 5.75 Å². The molecule has 3 rings (SSSR count). The molecule has 1 saturated heterocycles. The van der Waals surface area contributed by atoms with Crippen LogP contribution in [0.15, 0.2) is 48.5 Å². The minimum atomic E-state index is -0.0866. The van der Waals surface area contributed by atoms with Crippen LogP contribution in [0.4, 0.5) is 0 Å². The summed E-state index contributed by atoms with van der Waals surface area (Å²) in [5.41, 5.74) is 2.39. The quantitative estimate of drug-likeness (QED) is 0.820. The van der Waals surface area contributed by atoms with Gasteiger partial charge in [-0.2, -0.15) is 0 Å². The SMILES string of the molecule is CC(C)(c1ccccc1)c1ccc(OC[C@H]2CCCNC2)c(Cl)c1. The first-order valence-electron chi connectivity index (χ1n) is 8.76. The molecule has 3 heteroatoms. The topological polar surface area (TPSA) is 21.3 Å². The zero-order chi connectivity index (χ0) is 17.0. The third-order valence-electron chi connectivity index (χ3n) is 5.02. The standard InChI is InChI=1S/C21H26ClNO/c1-21(2,17-8-4-3-5-9-17)18-10-11-20(19(22)13-18)24-15-16-7-6-12-23-14-16/h3-5,8-11,13,16,23H,6-7,12,14-15H2,1-2H3/t16-/m0/s1. The molecule has 0 radical (unpaired) electrons. The summed E-state index contributed by atoms with van der Waals surface area (Å²) in [5.74, 6) is 1.37. The van der Waals surface area contributed by atoms with Crippen molar-refractivity contribution in [2.24, 2.45) is 5.92 Å². The van der Waals surface area contributed by atoms with Gasteiger partial charge >= 0.3 is 0 Å². The highest BCUT2D eigenvalue weighted by Gasteiger charge is 2.24. The third-order valence-corrected chi connectivity index (χ3v) is 5.32. The fourth-order valence-electron chi connectivity index (χ4n) is 3.30. The number of benzene rings is 2. The molecule has 1 heterocycles. The predicted molar refractivity (Wildman–Crippen MR) is 101 cm³/mol. The first-order valence-corrected chi connectivity index (χ1v) is 9.14. The molecule has 2 aromatic rings. The first-order chi connectivity index (χ1) is 11.6. The number of piperidine rings is 1. The van der Waals surface area contributed by atoms with Crippen LogP contribution in [-0.4, -0.2) is 19.7 Å². The lowest BCUT2D eigenvalue weighted by atomic mass is 9.78. The molecule has 0 unspecified atom stereocenters. The number of hydrogen-bond donors (Lipinski definition) is 1. The molecule has 1 aliphatic heterocycles. The summed E-state index contributed by atoms with van der Waals surface area (Å²) < 4.78 is 5.98. The molecule has 2 aromatic carbocycles. The van der Waals surface area contributed by atoms with E-state index in [9.17, 15) is 0 Å². The molecule has 1 atom stereocenters. The van der Waals surface area contributed by atoms with Gasteiger partial charge in [0, 0.05) is 17.9 Å². The fourth-order valence-corrected chi connectivity index (χ4v) is 3.54. The van der Waals surface area contributed by atoms with Gasteiger partial charge in [-0.3, -0.25) is 0 Å². The van der Waals surface area contributed by atoms with Crippen LogP contribution < -0.4 is 10.1 Å². The van der Waals surface area contributed by atoms with Crippen LogP contribution in [-0.2, 0) is 5.41 Å². The van der Waals surface area contributed by atoms with Gasteiger partial charge in [0.15, 0.2) is 0 Å². The molecular weight excluding hydrogens is 318 g/mol. The van der Waals surface area contributed by atoms with Gasteiger partial charge in [-0.05, 0) is 42.6 Å². The van der Waals surface area contributed by atoms with Crippen LogP contribution in [0.3, 0.4) is 0 Å². The molecule has 1 aliphatic rings. The van der Waals surface area contributed by atoms with E-state index in [1.54, 1.807) is 0 Å². The molecule has 0 bridgehead atoms. The van der Waals surface area contributed by atoms with E-state index in [1.807, 2.05) is 18.2 Å². The summed E-state index contributed by atoms with van der Waals surface area (Å²) in [6.45, 7) is 7.34. The summed E-state index contributed by atoms with van der Waals surface area (Å²) in [5, 5.41) is 4.11. The lowest BCUT2D eigenvalue weighted by molar-refractivity contribution is 0.218. The van der Waals surface area contributed by atoms with E-state index in [1.165, 1.54) is 24.0 Å². The summed E-state index contributed by atoms with van der Waals surface area (Å²) in [7, 11) is 0. The maximum Gasteiger partial charge on any atom is 0.137 e. The van der Waals surface area contributed by atoms with Crippen LogP contribution >= 0.6 is 11.6 Å². The fraction of sp³-hybridized carbons (Fsp3) is 0.429.